The van der Waals surface area contributed by atoms with Gasteiger partial charge >= 0.3 is 0 Å². The predicted molar refractivity (Wildman–Crippen MR) is 76.6 cm³/mol. The van der Waals surface area contributed by atoms with E-state index >= 15 is 0 Å². The van der Waals surface area contributed by atoms with E-state index in [-0.39, 0.29) is 0 Å². The zero-order valence-corrected chi connectivity index (χ0v) is 11.2. The van der Waals surface area contributed by atoms with Gasteiger partial charge in [-0.2, -0.15) is 0 Å². The van der Waals surface area contributed by atoms with Crippen molar-refractivity contribution in [2.75, 3.05) is 7.11 Å². The van der Waals surface area contributed by atoms with Crippen LogP contribution in [0.1, 0.15) is 16.7 Å². The second-order valence-electron chi connectivity index (χ2n) is 4.21. The van der Waals surface area contributed by atoms with Gasteiger partial charge in [0.2, 0.25) is 0 Å². The molecule has 0 unspecified atom stereocenters. The van der Waals surface area contributed by atoms with Gasteiger partial charge in [0.05, 0.1) is 13.3 Å². The molecule has 0 aliphatic carbocycles. The quantitative estimate of drug-likeness (QED) is 0.604. The summed E-state index contributed by atoms with van der Waals surface area (Å²) in [7, 11) is 1.64. The largest absolute Gasteiger partial charge is 0.497 e. The van der Waals surface area contributed by atoms with Gasteiger partial charge in [0.1, 0.15) is 12.4 Å². The van der Waals surface area contributed by atoms with Crippen molar-refractivity contribution in [3.8, 4) is 5.75 Å². The number of nitrogens with zero attached hydrogens (tertiary/aromatic N) is 1. The van der Waals surface area contributed by atoms with Crippen LogP contribution >= 0.6 is 0 Å². The number of hydrogen-bond acceptors (Lipinski definition) is 3. The summed E-state index contributed by atoms with van der Waals surface area (Å²) in [4.78, 5) is 5.31. The molecular formula is C16H17NO2. The highest BCUT2D eigenvalue weighted by molar-refractivity contribution is 5.79. The summed E-state index contributed by atoms with van der Waals surface area (Å²) in [6, 6.07) is 15.8. The van der Waals surface area contributed by atoms with Crippen molar-refractivity contribution in [2.45, 2.75) is 13.5 Å². The molecule has 2 aromatic carbocycles. The van der Waals surface area contributed by atoms with Gasteiger partial charge in [0.25, 0.3) is 0 Å². The van der Waals surface area contributed by atoms with E-state index < -0.39 is 0 Å². The highest BCUT2D eigenvalue weighted by atomic mass is 16.6. The van der Waals surface area contributed by atoms with Crippen LogP contribution in [0.2, 0.25) is 0 Å². The van der Waals surface area contributed by atoms with Crippen molar-refractivity contribution >= 4 is 6.21 Å². The third kappa shape index (κ3) is 3.85. The first-order valence-corrected chi connectivity index (χ1v) is 6.13. The molecule has 19 heavy (non-hydrogen) atoms. The Morgan fingerprint density at radius 3 is 2.74 bits per heavy atom. The molecule has 0 amide bonds. The van der Waals surface area contributed by atoms with Crippen molar-refractivity contribution in [3.63, 3.8) is 0 Å². The number of benzene rings is 2. The van der Waals surface area contributed by atoms with Gasteiger partial charge in [0, 0.05) is 0 Å². The summed E-state index contributed by atoms with van der Waals surface area (Å²) in [5.41, 5.74) is 3.30. The van der Waals surface area contributed by atoms with Gasteiger partial charge in [0.15, 0.2) is 0 Å². The van der Waals surface area contributed by atoms with Crippen LogP contribution in [0.15, 0.2) is 53.7 Å². The molecule has 3 heteroatoms. The van der Waals surface area contributed by atoms with Crippen LogP contribution < -0.4 is 4.74 Å². The third-order valence-corrected chi connectivity index (χ3v) is 2.85. The van der Waals surface area contributed by atoms with E-state index in [4.69, 9.17) is 9.57 Å². The van der Waals surface area contributed by atoms with Gasteiger partial charge < -0.3 is 9.57 Å². The summed E-state index contributed by atoms with van der Waals surface area (Å²) in [5.74, 6) is 0.808. The zero-order valence-electron chi connectivity index (χ0n) is 11.2. The normalized spacial score (nSPS) is 10.6. The van der Waals surface area contributed by atoms with Crippen LogP contribution in [0.5, 0.6) is 5.75 Å². The van der Waals surface area contributed by atoms with Crippen molar-refractivity contribution in [3.05, 3.63) is 65.2 Å². The maximum Gasteiger partial charge on any atom is 0.142 e. The summed E-state index contributed by atoms with van der Waals surface area (Å²) < 4.78 is 5.14. The molecule has 3 nitrogen and oxygen atoms in total. The molecule has 98 valence electrons. The summed E-state index contributed by atoms with van der Waals surface area (Å²) >= 11 is 0. The number of hydrogen-bond donors (Lipinski definition) is 0. The number of aryl methyl sites for hydroxylation is 1. The molecule has 2 rings (SSSR count). The minimum absolute atomic E-state index is 0.479. The molecule has 0 heterocycles. The highest BCUT2D eigenvalue weighted by Crippen LogP contribution is 2.11. The molecule has 0 radical (unpaired) electrons. The van der Waals surface area contributed by atoms with Crippen LogP contribution in [-0.4, -0.2) is 13.3 Å². The standard InChI is InChI=1S/C16H17NO2/c1-13-6-3-4-8-15(13)12-19-17-11-14-7-5-9-16(10-14)18-2/h3-11H,12H2,1-2H3. The van der Waals surface area contributed by atoms with Gasteiger partial charge in [-0.05, 0) is 35.7 Å². The van der Waals surface area contributed by atoms with E-state index in [1.165, 1.54) is 5.56 Å². The molecule has 0 saturated carbocycles. The Labute approximate surface area is 113 Å². The van der Waals surface area contributed by atoms with E-state index in [9.17, 15) is 0 Å². The lowest BCUT2D eigenvalue weighted by atomic mass is 10.1. The summed E-state index contributed by atoms with van der Waals surface area (Å²) in [6.45, 7) is 2.54. The van der Waals surface area contributed by atoms with Crippen LogP contribution in [0.25, 0.3) is 0 Å². The fraction of sp³-hybridized carbons (Fsp3) is 0.188. The molecule has 2 aromatic rings. The molecule has 0 N–H and O–H groups in total. The Bertz CT molecular complexity index is 564. The zero-order chi connectivity index (χ0) is 13.5. The van der Waals surface area contributed by atoms with E-state index in [1.807, 2.05) is 42.5 Å². The van der Waals surface area contributed by atoms with Crippen molar-refractivity contribution in [1.29, 1.82) is 0 Å². The van der Waals surface area contributed by atoms with Crippen LogP contribution in [0.4, 0.5) is 0 Å². The first-order chi connectivity index (χ1) is 9.29. The summed E-state index contributed by atoms with van der Waals surface area (Å²) in [6.07, 6.45) is 1.68. The maximum atomic E-state index is 5.31. The molecule has 0 bridgehead atoms. The first-order valence-electron chi connectivity index (χ1n) is 6.13. The highest BCUT2D eigenvalue weighted by Gasteiger charge is 1.96. The smallest absolute Gasteiger partial charge is 0.142 e. The van der Waals surface area contributed by atoms with Gasteiger partial charge in [-0.15, -0.1) is 0 Å². The van der Waals surface area contributed by atoms with Crippen LogP contribution in [-0.2, 0) is 11.4 Å². The molecule has 0 spiro atoms. The van der Waals surface area contributed by atoms with Gasteiger partial charge in [-0.3, -0.25) is 0 Å². The van der Waals surface area contributed by atoms with Crippen LogP contribution in [0.3, 0.4) is 0 Å². The van der Waals surface area contributed by atoms with Gasteiger partial charge in [-0.25, -0.2) is 0 Å². The van der Waals surface area contributed by atoms with Crippen molar-refractivity contribution in [2.24, 2.45) is 5.16 Å². The minimum atomic E-state index is 0.479. The Morgan fingerprint density at radius 1 is 1.11 bits per heavy atom. The lowest BCUT2D eigenvalue weighted by molar-refractivity contribution is 0.131. The minimum Gasteiger partial charge on any atom is -0.497 e. The molecule has 0 aliphatic heterocycles. The van der Waals surface area contributed by atoms with E-state index in [2.05, 4.69) is 18.1 Å². The maximum absolute atomic E-state index is 5.31. The predicted octanol–water partition coefficient (Wildman–Crippen LogP) is 3.55. The first kappa shape index (κ1) is 13.1. The molecule has 0 saturated heterocycles. The average Bonchev–Trinajstić information content (AvgIpc) is 2.45. The monoisotopic (exact) mass is 255 g/mol. The van der Waals surface area contributed by atoms with Crippen LogP contribution in [0, 0.1) is 6.92 Å². The lowest BCUT2D eigenvalue weighted by Gasteiger charge is -2.03. The average molecular weight is 255 g/mol. The fourth-order valence-electron chi connectivity index (χ4n) is 1.70. The topological polar surface area (TPSA) is 30.8 Å². The number of methoxy groups -OCH3 is 1. The number of rotatable bonds is 5. The van der Waals surface area contributed by atoms with Crippen molar-refractivity contribution in [1.82, 2.24) is 0 Å². The Hall–Kier alpha value is -2.29. The van der Waals surface area contributed by atoms with E-state index in [1.54, 1.807) is 13.3 Å². The Kier molecular flexibility index (Phi) is 4.56. The van der Waals surface area contributed by atoms with Crippen molar-refractivity contribution < 1.29 is 9.57 Å². The fourth-order valence-corrected chi connectivity index (χ4v) is 1.70. The van der Waals surface area contributed by atoms with Gasteiger partial charge in [-0.1, -0.05) is 41.6 Å². The molecule has 0 aromatic heterocycles. The number of ether oxygens (including phenoxy) is 1. The summed E-state index contributed by atoms with van der Waals surface area (Å²) in [5, 5.41) is 3.97. The molecule has 0 atom stereocenters. The third-order valence-electron chi connectivity index (χ3n) is 2.85. The second kappa shape index (κ2) is 6.59. The molecule has 0 aliphatic rings. The SMILES string of the molecule is COc1cccc(C=NOCc2ccccc2C)c1. The Morgan fingerprint density at radius 2 is 1.95 bits per heavy atom. The molecular weight excluding hydrogens is 238 g/mol. The number of oxime groups is 1. The van der Waals surface area contributed by atoms with E-state index in [0.717, 1.165) is 16.9 Å². The Balaban J connectivity index is 1.91. The van der Waals surface area contributed by atoms with E-state index in [0.29, 0.717) is 6.61 Å². The lowest BCUT2D eigenvalue weighted by Crippen LogP contribution is -1.91. The second-order valence-corrected chi connectivity index (χ2v) is 4.21. The molecule has 0 fully saturated rings.